The van der Waals surface area contributed by atoms with Crippen LogP contribution in [0.25, 0.3) is 0 Å². The van der Waals surface area contributed by atoms with Crippen LogP contribution < -0.4 is 0 Å². The molecule has 1 unspecified atom stereocenters. The Labute approximate surface area is 66.2 Å². The third-order valence-electron chi connectivity index (χ3n) is 1.21. The van der Waals surface area contributed by atoms with Gasteiger partial charge >= 0.3 is 7.91 Å². The van der Waals surface area contributed by atoms with Crippen molar-refractivity contribution < 1.29 is 18.2 Å². The zero-order valence-electron chi connectivity index (χ0n) is 7.00. The van der Waals surface area contributed by atoms with Gasteiger partial charge in [-0.15, -0.1) is 4.20 Å². The zero-order valence-corrected chi connectivity index (χ0v) is 7.90. The zero-order chi connectivity index (χ0) is 9.12. The molecule has 0 aliphatic carbocycles. The smallest absolute Gasteiger partial charge is 0.299 e. The highest BCUT2D eigenvalue weighted by Crippen LogP contribution is 2.48. The highest BCUT2D eigenvalue weighted by Gasteiger charge is 2.29. The van der Waals surface area contributed by atoms with Crippen molar-refractivity contribution in [1.29, 1.82) is 0 Å². The standard InChI is InChI=1S/C6H14FO3P/c1-4-5-6(2,3)10-11(7,8)9/h4-5H2,1-3H3,(H,8,9). The summed E-state index contributed by atoms with van der Waals surface area (Å²) in [5.74, 6) is 0. The average molecular weight is 184 g/mol. The highest BCUT2D eigenvalue weighted by atomic mass is 31.2. The molecule has 0 amide bonds. The van der Waals surface area contributed by atoms with Crippen LogP contribution in [-0.4, -0.2) is 10.5 Å². The summed E-state index contributed by atoms with van der Waals surface area (Å²) in [4.78, 5) is 8.25. The molecular weight excluding hydrogens is 170 g/mol. The van der Waals surface area contributed by atoms with Crippen molar-refractivity contribution in [1.82, 2.24) is 0 Å². The number of hydrogen-bond donors (Lipinski definition) is 1. The van der Waals surface area contributed by atoms with Crippen molar-refractivity contribution >= 4 is 7.91 Å². The molecule has 0 bridgehead atoms. The van der Waals surface area contributed by atoms with Crippen LogP contribution in [0.2, 0.25) is 0 Å². The van der Waals surface area contributed by atoms with Gasteiger partial charge in [-0.1, -0.05) is 13.3 Å². The minimum absolute atomic E-state index is 0.557. The fourth-order valence-electron chi connectivity index (χ4n) is 0.953. The van der Waals surface area contributed by atoms with Crippen LogP contribution in [0.15, 0.2) is 0 Å². The van der Waals surface area contributed by atoms with Crippen LogP contribution in [0, 0.1) is 0 Å². The van der Waals surface area contributed by atoms with Crippen molar-refractivity contribution in [3.05, 3.63) is 0 Å². The Kier molecular flexibility index (Phi) is 3.68. The quantitative estimate of drug-likeness (QED) is 0.683. The van der Waals surface area contributed by atoms with E-state index in [0.29, 0.717) is 6.42 Å². The third kappa shape index (κ3) is 6.48. The molecule has 0 aromatic carbocycles. The van der Waals surface area contributed by atoms with Gasteiger partial charge in [0.1, 0.15) is 0 Å². The molecule has 68 valence electrons. The fraction of sp³-hybridized carbons (Fsp3) is 1.00. The largest absolute Gasteiger partial charge is 0.510 e. The normalized spacial score (nSPS) is 17.9. The second kappa shape index (κ2) is 3.65. The first-order valence-corrected chi connectivity index (χ1v) is 4.97. The van der Waals surface area contributed by atoms with E-state index in [1.165, 1.54) is 0 Å². The average Bonchev–Trinajstić information content (AvgIpc) is 1.55. The van der Waals surface area contributed by atoms with Gasteiger partial charge in [0.05, 0.1) is 5.60 Å². The summed E-state index contributed by atoms with van der Waals surface area (Å²) in [5.41, 5.74) is -0.853. The summed E-state index contributed by atoms with van der Waals surface area (Å²) >= 11 is 0. The van der Waals surface area contributed by atoms with E-state index in [-0.39, 0.29) is 0 Å². The van der Waals surface area contributed by atoms with Crippen LogP contribution in [0.1, 0.15) is 33.6 Å². The lowest BCUT2D eigenvalue weighted by molar-refractivity contribution is 0.0689. The molecule has 0 radical (unpaired) electrons. The third-order valence-corrected chi connectivity index (χ3v) is 1.93. The molecule has 1 atom stereocenters. The first-order valence-electron chi connectivity index (χ1n) is 3.50. The van der Waals surface area contributed by atoms with E-state index in [4.69, 9.17) is 4.89 Å². The molecule has 5 heteroatoms. The Morgan fingerprint density at radius 2 is 2.09 bits per heavy atom. The second-order valence-electron chi connectivity index (χ2n) is 3.05. The van der Waals surface area contributed by atoms with Gasteiger partial charge in [-0.25, -0.2) is 4.57 Å². The Bertz CT molecular complexity index is 163. The van der Waals surface area contributed by atoms with E-state index in [1.807, 2.05) is 6.92 Å². The van der Waals surface area contributed by atoms with Gasteiger partial charge in [-0.2, -0.15) is 0 Å². The lowest BCUT2D eigenvalue weighted by Crippen LogP contribution is -2.21. The molecule has 0 fully saturated rings. The monoisotopic (exact) mass is 184 g/mol. The van der Waals surface area contributed by atoms with E-state index in [9.17, 15) is 8.76 Å². The summed E-state index contributed by atoms with van der Waals surface area (Å²) in [5, 5.41) is 0. The molecule has 0 spiro atoms. The molecule has 1 N–H and O–H groups in total. The summed E-state index contributed by atoms with van der Waals surface area (Å²) in [7, 11) is -4.82. The SMILES string of the molecule is CCCC(C)(C)OP(=O)(O)F. The van der Waals surface area contributed by atoms with Gasteiger partial charge in [0, 0.05) is 0 Å². The maximum atomic E-state index is 12.1. The highest BCUT2D eigenvalue weighted by molar-refractivity contribution is 7.47. The summed E-state index contributed by atoms with van der Waals surface area (Å²) in [6.07, 6.45) is 1.34. The molecular formula is C6H14FO3P. The van der Waals surface area contributed by atoms with E-state index in [1.54, 1.807) is 13.8 Å². The Hall–Kier alpha value is 0.0800. The van der Waals surface area contributed by atoms with Crippen LogP contribution in [0.4, 0.5) is 4.20 Å². The van der Waals surface area contributed by atoms with Crippen LogP contribution >= 0.6 is 7.91 Å². The Morgan fingerprint density at radius 1 is 1.64 bits per heavy atom. The first-order chi connectivity index (χ1) is 4.77. The van der Waals surface area contributed by atoms with E-state index < -0.39 is 13.5 Å². The summed E-state index contributed by atoms with van der Waals surface area (Å²) in [6.45, 7) is 5.06. The van der Waals surface area contributed by atoms with Crippen LogP contribution in [-0.2, 0) is 9.09 Å². The topological polar surface area (TPSA) is 46.5 Å². The lowest BCUT2D eigenvalue weighted by Gasteiger charge is -2.23. The fourth-order valence-corrected chi connectivity index (χ4v) is 1.65. The second-order valence-corrected chi connectivity index (χ2v) is 4.14. The van der Waals surface area contributed by atoms with E-state index in [2.05, 4.69) is 4.52 Å². The predicted molar refractivity (Wildman–Crippen MR) is 41.0 cm³/mol. The molecule has 0 aliphatic rings. The number of halogens is 1. The molecule has 0 rings (SSSR count). The van der Waals surface area contributed by atoms with Gasteiger partial charge in [0.2, 0.25) is 0 Å². The maximum absolute atomic E-state index is 12.1. The van der Waals surface area contributed by atoms with Crippen molar-refractivity contribution in [3.8, 4) is 0 Å². The minimum atomic E-state index is -4.82. The molecule has 0 aliphatic heterocycles. The Morgan fingerprint density at radius 3 is 2.36 bits per heavy atom. The van der Waals surface area contributed by atoms with Gasteiger partial charge in [-0.3, -0.25) is 9.42 Å². The molecule has 0 saturated carbocycles. The molecule has 3 nitrogen and oxygen atoms in total. The van der Waals surface area contributed by atoms with Crippen molar-refractivity contribution in [2.45, 2.75) is 39.2 Å². The molecule has 0 aromatic heterocycles. The summed E-state index contributed by atoms with van der Waals surface area (Å²) in [6, 6.07) is 0. The summed E-state index contributed by atoms with van der Waals surface area (Å²) < 4.78 is 26.6. The van der Waals surface area contributed by atoms with E-state index >= 15 is 0 Å². The van der Waals surface area contributed by atoms with Gasteiger partial charge in [-0.05, 0) is 20.3 Å². The first kappa shape index (κ1) is 11.1. The maximum Gasteiger partial charge on any atom is 0.510 e. The van der Waals surface area contributed by atoms with Gasteiger partial charge < -0.3 is 0 Å². The lowest BCUT2D eigenvalue weighted by atomic mass is 10.0. The number of rotatable bonds is 4. The van der Waals surface area contributed by atoms with E-state index in [0.717, 1.165) is 6.42 Å². The van der Waals surface area contributed by atoms with Crippen molar-refractivity contribution in [3.63, 3.8) is 0 Å². The minimum Gasteiger partial charge on any atom is -0.299 e. The van der Waals surface area contributed by atoms with Gasteiger partial charge in [0.25, 0.3) is 0 Å². The Balaban J connectivity index is 4.02. The van der Waals surface area contributed by atoms with Crippen molar-refractivity contribution in [2.75, 3.05) is 0 Å². The van der Waals surface area contributed by atoms with Crippen molar-refractivity contribution in [2.24, 2.45) is 0 Å². The molecule has 0 saturated heterocycles. The van der Waals surface area contributed by atoms with Crippen LogP contribution in [0.3, 0.4) is 0 Å². The molecule has 0 heterocycles. The van der Waals surface area contributed by atoms with Gasteiger partial charge in [0.15, 0.2) is 0 Å². The molecule has 11 heavy (non-hydrogen) atoms. The predicted octanol–water partition coefficient (Wildman–Crippen LogP) is 2.65. The molecule has 0 aromatic rings. The van der Waals surface area contributed by atoms with Crippen LogP contribution in [0.5, 0.6) is 0 Å². The number of hydrogen-bond acceptors (Lipinski definition) is 2.